The van der Waals surface area contributed by atoms with Crippen molar-refractivity contribution in [2.75, 3.05) is 5.32 Å². The molecule has 0 aliphatic carbocycles. The predicted molar refractivity (Wildman–Crippen MR) is 60.4 cm³/mol. The molecular formula is C11H9F3N4O. The number of amides is 1. The minimum absolute atomic E-state index is 0.0312. The number of aryl methyl sites for hydroxylation is 1. The lowest BCUT2D eigenvalue weighted by atomic mass is 10.3. The average Bonchev–Trinajstić information content (AvgIpc) is 2.75. The van der Waals surface area contributed by atoms with Gasteiger partial charge in [-0.2, -0.15) is 18.3 Å². The van der Waals surface area contributed by atoms with E-state index in [-0.39, 0.29) is 11.5 Å². The third-order valence-electron chi connectivity index (χ3n) is 2.28. The quantitative estimate of drug-likeness (QED) is 0.909. The van der Waals surface area contributed by atoms with Crippen molar-refractivity contribution in [2.45, 2.75) is 6.18 Å². The van der Waals surface area contributed by atoms with E-state index in [4.69, 9.17) is 0 Å². The highest BCUT2D eigenvalue weighted by Gasteiger charge is 2.30. The largest absolute Gasteiger partial charge is 0.417 e. The van der Waals surface area contributed by atoms with Crippen molar-refractivity contribution in [1.82, 2.24) is 14.8 Å². The number of nitrogens with zero attached hydrogens (tertiary/aromatic N) is 3. The molecule has 0 radical (unpaired) electrons. The molecule has 0 aliphatic rings. The fraction of sp³-hybridized carbons (Fsp3) is 0.182. The number of carbonyl (C=O) groups excluding carboxylic acids is 1. The van der Waals surface area contributed by atoms with E-state index in [1.165, 1.54) is 10.7 Å². The zero-order valence-electron chi connectivity index (χ0n) is 9.77. The lowest BCUT2D eigenvalue weighted by molar-refractivity contribution is -0.137. The second-order valence-corrected chi connectivity index (χ2v) is 3.76. The first-order valence-electron chi connectivity index (χ1n) is 5.20. The van der Waals surface area contributed by atoms with Crippen LogP contribution >= 0.6 is 0 Å². The van der Waals surface area contributed by atoms with Crippen LogP contribution in [-0.4, -0.2) is 20.7 Å². The number of hydrogen-bond acceptors (Lipinski definition) is 3. The minimum Gasteiger partial charge on any atom is -0.305 e. The summed E-state index contributed by atoms with van der Waals surface area (Å²) in [5.74, 6) is -0.503. The van der Waals surface area contributed by atoms with Crippen LogP contribution in [0.2, 0.25) is 0 Å². The van der Waals surface area contributed by atoms with Gasteiger partial charge >= 0.3 is 6.18 Å². The highest BCUT2D eigenvalue weighted by molar-refractivity contribution is 6.02. The number of alkyl halides is 3. The Morgan fingerprint density at radius 3 is 2.53 bits per heavy atom. The standard InChI is InChI=1S/C11H9F3N4O/c1-18-5-4-8(17-18)10(19)16-9-3-2-7(6-15-9)11(12,13)14/h2-6H,1H3,(H,15,16,19). The van der Waals surface area contributed by atoms with Gasteiger partial charge in [0.1, 0.15) is 5.82 Å². The number of halogens is 3. The lowest BCUT2D eigenvalue weighted by Crippen LogP contribution is -2.14. The van der Waals surface area contributed by atoms with E-state index >= 15 is 0 Å². The third kappa shape index (κ3) is 3.09. The molecule has 0 spiro atoms. The van der Waals surface area contributed by atoms with Crippen molar-refractivity contribution in [1.29, 1.82) is 0 Å². The summed E-state index contributed by atoms with van der Waals surface area (Å²) in [6.07, 6.45) is -2.21. The summed E-state index contributed by atoms with van der Waals surface area (Å²) in [5, 5.41) is 6.22. The van der Waals surface area contributed by atoms with Gasteiger partial charge in [0.25, 0.3) is 5.91 Å². The highest BCUT2D eigenvalue weighted by Crippen LogP contribution is 2.28. The van der Waals surface area contributed by atoms with E-state index < -0.39 is 17.6 Å². The van der Waals surface area contributed by atoms with Crippen LogP contribution in [0.25, 0.3) is 0 Å². The Morgan fingerprint density at radius 1 is 1.32 bits per heavy atom. The van der Waals surface area contributed by atoms with Crippen molar-refractivity contribution in [3.05, 3.63) is 41.9 Å². The number of carbonyl (C=O) groups is 1. The summed E-state index contributed by atoms with van der Waals surface area (Å²) in [6.45, 7) is 0. The molecule has 0 aromatic carbocycles. The average molecular weight is 270 g/mol. The maximum atomic E-state index is 12.3. The van der Waals surface area contributed by atoms with E-state index in [0.717, 1.165) is 12.1 Å². The fourth-order valence-electron chi connectivity index (χ4n) is 1.35. The van der Waals surface area contributed by atoms with Gasteiger partial charge in [-0.05, 0) is 18.2 Å². The van der Waals surface area contributed by atoms with Crippen molar-refractivity contribution < 1.29 is 18.0 Å². The Balaban J connectivity index is 2.10. The van der Waals surface area contributed by atoms with Gasteiger partial charge in [-0.1, -0.05) is 0 Å². The molecule has 1 N–H and O–H groups in total. The third-order valence-corrected chi connectivity index (χ3v) is 2.28. The summed E-state index contributed by atoms with van der Waals surface area (Å²) in [6, 6.07) is 3.42. The van der Waals surface area contributed by atoms with E-state index in [0.29, 0.717) is 6.20 Å². The van der Waals surface area contributed by atoms with Gasteiger partial charge in [0.2, 0.25) is 0 Å². The Bertz CT molecular complexity index is 589. The van der Waals surface area contributed by atoms with Crippen LogP contribution in [0.1, 0.15) is 16.1 Å². The maximum Gasteiger partial charge on any atom is 0.417 e. The number of nitrogens with one attached hydrogen (secondary N) is 1. The Hall–Kier alpha value is -2.38. The Kier molecular flexibility index (Phi) is 3.24. The molecule has 5 nitrogen and oxygen atoms in total. The minimum atomic E-state index is -4.45. The molecule has 0 fully saturated rings. The SMILES string of the molecule is Cn1ccc(C(=O)Nc2ccc(C(F)(F)F)cn2)n1. The van der Waals surface area contributed by atoms with E-state index in [9.17, 15) is 18.0 Å². The van der Waals surface area contributed by atoms with Crippen LogP contribution < -0.4 is 5.32 Å². The zero-order chi connectivity index (χ0) is 14.0. The second kappa shape index (κ2) is 4.71. The molecule has 2 heterocycles. The van der Waals surface area contributed by atoms with Crippen LogP contribution in [0.3, 0.4) is 0 Å². The van der Waals surface area contributed by atoms with Gasteiger partial charge in [0.15, 0.2) is 5.69 Å². The van der Waals surface area contributed by atoms with Gasteiger partial charge in [0.05, 0.1) is 5.56 Å². The van der Waals surface area contributed by atoms with Gasteiger partial charge in [-0.3, -0.25) is 9.48 Å². The predicted octanol–water partition coefficient (Wildman–Crippen LogP) is 2.09. The lowest BCUT2D eigenvalue weighted by Gasteiger charge is -2.07. The van der Waals surface area contributed by atoms with Crippen LogP contribution in [0.15, 0.2) is 30.6 Å². The highest BCUT2D eigenvalue weighted by atomic mass is 19.4. The van der Waals surface area contributed by atoms with Gasteiger partial charge in [-0.25, -0.2) is 4.98 Å². The molecule has 8 heteroatoms. The smallest absolute Gasteiger partial charge is 0.305 e. The molecule has 19 heavy (non-hydrogen) atoms. The van der Waals surface area contributed by atoms with Crippen LogP contribution in [0.5, 0.6) is 0 Å². The molecule has 2 aromatic rings. The Morgan fingerprint density at radius 2 is 2.05 bits per heavy atom. The zero-order valence-corrected chi connectivity index (χ0v) is 9.77. The molecular weight excluding hydrogens is 261 g/mol. The first-order valence-corrected chi connectivity index (χ1v) is 5.20. The van der Waals surface area contributed by atoms with Gasteiger partial charge in [0, 0.05) is 19.4 Å². The summed E-state index contributed by atoms with van der Waals surface area (Å²) < 4.78 is 38.4. The molecule has 0 atom stereocenters. The van der Waals surface area contributed by atoms with Crippen LogP contribution in [0.4, 0.5) is 19.0 Å². The number of hydrogen-bond donors (Lipinski definition) is 1. The topological polar surface area (TPSA) is 59.8 Å². The summed E-state index contributed by atoms with van der Waals surface area (Å²) >= 11 is 0. The van der Waals surface area contributed by atoms with Gasteiger partial charge < -0.3 is 5.32 Å². The van der Waals surface area contributed by atoms with Crippen molar-refractivity contribution in [3.8, 4) is 0 Å². The van der Waals surface area contributed by atoms with E-state index in [2.05, 4.69) is 15.4 Å². The first-order chi connectivity index (χ1) is 8.86. The number of rotatable bonds is 2. The monoisotopic (exact) mass is 270 g/mol. The molecule has 0 saturated carbocycles. The number of anilines is 1. The van der Waals surface area contributed by atoms with Crippen molar-refractivity contribution in [2.24, 2.45) is 7.05 Å². The number of aromatic nitrogens is 3. The molecule has 0 aliphatic heterocycles. The second-order valence-electron chi connectivity index (χ2n) is 3.76. The molecule has 0 saturated heterocycles. The Labute approximate surface area is 106 Å². The molecule has 2 aromatic heterocycles. The molecule has 1 amide bonds. The normalized spacial score (nSPS) is 11.4. The summed E-state index contributed by atoms with van der Waals surface area (Å²) in [5.41, 5.74) is -0.715. The van der Waals surface area contributed by atoms with E-state index in [1.54, 1.807) is 13.2 Å². The fourth-order valence-corrected chi connectivity index (χ4v) is 1.35. The first kappa shape index (κ1) is 13.1. The molecule has 100 valence electrons. The summed E-state index contributed by atoms with van der Waals surface area (Å²) in [4.78, 5) is 15.2. The number of pyridine rings is 1. The van der Waals surface area contributed by atoms with E-state index in [1.807, 2.05) is 0 Å². The molecule has 0 unspecified atom stereocenters. The summed E-state index contributed by atoms with van der Waals surface area (Å²) in [7, 11) is 1.65. The molecule has 0 bridgehead atoms. The van der Waals surface area contributed by atoms with Crippen LogP contribution in [-0.2, 0) is 13.2 Å². The van der Waals surface area contributed by atoms with Crippen LogP contribution in [0, 0.1) is 0 Å². The van der Waals surface area contributed by atoms with Crippen molar-refractivity contribution in [3.63, 3.8) is 0 Å². The van der Waals surface area contributed by atoms with Crippen molar-refractivity contribution >= 4 is 11.7 Å². The molecule has 2 rings (SSSR count). The maximum absolute atomic E-state index is 12.3. The van der Waals surface area contributed by atoms with Gasteiger partial charge in [-0.15, -0.1) is 0 Å².